The van der Waals surface area contributed by atoms with Gasteiger partial charge in [-0.1, -0.05) is 13.8 Å². The minimum absolute atomic E-state index is 0.230. The van der Waals surface area contributed by atoms with E-state index in [1.54, 1.807) is 0 Å². The molecule has 0 aliphatic rings. The van der Waals surface area contributed by atoms with Crippen LogP contribution in [0.25, 0.3) is 0 Å². The molecule has 1 aromatic rings. The van der Waals surface area contributed by atoms with Gasteiger partial charge < -0.3 is 4.57 Å². The first-order valence-electron chi connectivity index (χ1n) is 6.03. The smallest absolute Gasteiger partial charge is 0.302 e. The molecule has 0 saturated carbocycles. The zero-order valence-electron chi connectivity index (χ0n) is 11.5. The van der Waals surface area contributed by atoms with E-state index in [-0.39, 0.29) is 6.04 Å². The molecule has 0 bridgehead atoms. The molecule has 108 valence electrons. The lowest BCUT2D eigenvalue weighted by atomic mass is 10.2. The van der Waals surface area contributed by atoms with Crippen molar-refractivity contribution in [3.63, 3.8) is 0 Å². The highest BCUT2D eigenvalue weighted by atomic mass is 32.2. The molecular formula is C11H19N3O4S. The Labute approximate surface area is 111 Å². The van der Waals surface area contributed by atoms with Crippen LogP contribution in [-0.2, 0) is 24.1 Å². The van der Waals surface area contributed by atoms with Crippen LogP contribution in [0.1, 0.15) is 26.7 Å². The van der Waals surface area contributed by atoms with E-state index in [1.807, 2.05) is 13.8 Å². The minimum Gasteiger partial charge on any atom is -0.302 e. The Balaban J connectivity index is 3.39. The highest BCUT2D eigenvalue weighted by Crippen LogP contribution is 2.05. The Morgan fingerprint density at radius 3 is 2.21 bits per heavy atom. The van der Waals surface area contributed by atoms with Crippen molar-refractivity contribution >= 4 is 10.0 Å². The van der Waals surface area contributed by atoms with Crippen LogP contribution in [0.15, 0.2) is 20.7 Å². The van der Waals surface area contributed by atoms with Crippen LogP contribution in [0.4, 0.5) is 0 Å². The van der Waals surface area contributed by atoms with Gasteiger partial charge in [-0.15, -0.1) is 0 Å². The number of hydrogen-bond acceptors (Lipinski definition) is 4. The number of aryl methyl sites for hydroxylation is 1. The summed E-state index contributed by atoms with van der Waals surface area (Å²) < 4.78 is 28.6. The molecule has 1 heterocycles. The molecule has 1 aromatic heterocycles. The molecule has 0 saturated heterocycles. The van der Waals surface area contributed by atoms with Gasteiger partial charge >= 0.3 is 5.69 Å². The molecule has 1 N–H and O–H groups in total. The zero-order valence-corrected chi connectivity index (χ0v) is 12.3. The second-order valence-electron chi connectivity index (χ2n) is 4.39. The normalized spacial score (nSPS) is 12.1. The summed E-state index contributed by atoms with van der Waals surface area (Å²) in [7, 11) is -1.27. The van der Waals surface area contributed by atoms with E-state index in [9.17, 15) is 18.0 Å². The van der Waals surface area contributed by atoms with Crippen molar-refractivity contribution in [1.29, 1.82) is 0 Å². The first kappa shape index (κ1) is 15.6. The Bertz CT molecular complexity index is 668. The van der Waals surface area contributed by atoms with E-state index in [4.69, 9.17) is 0 Å². The van der Waals surface area contributed by atoms with Crippen molar-refractivity contribution in [3.8, 4) is 0 Å². The average molecular weight is 289 g/mol. The summed E-state index contributed by atoms with van der Waals surface area (Å²) in [6, 6.07) is -0.230. The molecular weight excluding hydrogens is 270 g/mol. The molecule has 0 unspecified atom stereocenters. The third-order valence-corrected chi connectivity index (χ3v) is 4.51. The number of aromatic nitrogens is 2. The lowest BCUT2D eigenvalue weighted by Crippen LogP contribution is -2.43. The van der Waals surface area contributed by atoms with E-state index < -0.39 is 26.2 Å². The van der Waals surface area contributed by atoms with Gasteiger partial charge in [-0.05, 0) is 12.8 Å². The zero-order chi connectivity index (χ0) is 14.8. The number of hydrogen-bond donors (Lipinski definition) is 1. The summed E-state index contributed by atoms with van der Waals surface area (Å²) in [5.41, 5.74) is -1.38. The summed E-state index contributed by atoms with van der Waals surface area (Å²) >= 11 is 0. The highest BCUT2D eigenvalue weighted by Gasteiger charge is 2.23. The van der Waals surface area contributed by atoms with Crippen LogP contribution < -0.4 is 16.0 Å². The molecule has 8 heteroatoms. The monoisotopic (exact) mass is 289 g/mol. The van der Waals surface area contributed by atoms with Crippen molar-refractivity contribution in [2.24, 2.45) is 14.1 Å². The Morgan fingerprint density at radius 2 is 1.74 bits per heavy atom. The van der Waals surface area contributed by atoms with Crippen molar-refractivity contribution in [2.75, 3.05) is 0 Å². The maximum Gasteiger partial charge on any atom is 0.330 e. The summed E-state index contributed by atoms with van der Waals surface area (Å²) in [6.45, 7) is 3.71. The molecule has 1 rings (SSSR count). The Hall–Kier alpha value is -1.41. The molecule has 7 nitrogen and oxygen atoms in total. The first-order chi connectivity index (χ1) is 8.74. The lowest BCUT2D eigenvalue weighted by molar-refractivity contribution is 0.525. The van der Waals surface area contributed by atoms with Crippen LogP contribution >= 0.6 is 0 Å². The second-order valence-corrected chi connectivity index (χ2v) is 6.07. The van der Waals surface area contributed by atoms with Crippen LogP contribution in [0.5, 0.6) is 0 Å². The van der Waals surface area contributed by atoms with Gasteiger partial charge in [0.2, 0.25) is 10.0 Å². The maximum atomic E-state index is 12.2. The van der Waals surface area contributed by atoms with E-state index in [2.05, 4.69) is 4.72 Å². The van der Waals surface area contributed by atoms with Gasteiger partial charge in [-0.3, -0.25) is 9.36 Å². The Morgan fingerprint density at radius 1 is 1.21 bits per heavy atom. The van der Waals surface area contributed by atoms with Gasteiger partial charge in [0.05, 0.1) is 0 Å². The standard InChI is InChI=1S/C11H19N3O4S/c1-5-8(6-2)12-19(17,18)9-7-13(3)11(16)14(4)10(9)15/h7-8,12H,5-6H2,1-4H3. The van der Waals surface area contributed by atoms with Gasteiger partial charge in [0, 0.05) is 26.3 Å². The van der Waals surface area contributed by atoms with Gasteiger partial charge in [-0.25, -0.2) is 17.9 Å². The molecule has 0 radical (unpaired) electrons. The third kappa shape index (κ3) is 3.13. The number of nitrogens with one attached hydrogen (secondary N) is 1. The van der Waals surface area contributed by atoms with Gasteiger partial charge in [0.15, 0.2) is 4.90 Å². The van der Waals surface area contributed by atoms with Crippen molar-refractivity contribution < 1.29 is 8.42 Å². The third-order valence-electron chi connectivity index (χ3n) is 3.01. The highest BCUT2D eigenvalue weighted by molar-refractivity contribution is 7.89. The fraction of sp³-hybridized carbons (Fsp3) is 0.636. The fourth-order valence-electron chi connectivity index (χ4n) is 1.70. The van der Waals surface area contributed by atoms with E-state index >= 15 is 0 Å². The predicted molar refractivity (Wildman–Crippen MR) is 71.6 cm³/mol. The first-order valence-corrected chi connectivity index (χ1v) is 7.51. The summed E-state index contributed by atoms with van der Waals surface area (Å²) in [5.74, 6) is 0. The Kier molecular flexibility index (Phi) is 4.70. The topological polar surface area (TPSA) is 90.2 Å². The molecule has 0 amide bonds. The van der Waals surface area contributed by atoms with Gasteiger partial charge in [0.25, 0.3) is 5.56 Å². The second kappa shape index (κ2) is 5.70. The summed E-state index contributed by atoms with van der Waals surface area (Å²) in [6.07, 6.45) is 2.30. The minimum atomic E-state index is -3.92. The fourth-order valence-corrected chi connectivity index (χ4v) is 3.26. The van der Waals surface area contributed by atoms with E-state index in [1.165, 1.54) is 14.1 Å². The number of nitrogens with zero attached hydrogens (tertiary/aromatic N) is 2. The molecule has 0 aromatic carbocycles. The number of sulfonamides is 1. The molecule has 0 spiro atoms. The van der Waals surface area contributed by atoms with Crippen LogP contribution in [0.2, 0.25) is 0 Å². The molecule has 0 atom stereocenters. The predicted octanol–water partition coefficient (Wildman–Crippen LogP) is -0.449. The number of rotatable bonds is 5. The summed E-state index contributed by atoms with van der Waals surface area (Å²) in [5, 5.41) is 0. The quantitative estimate of drug-likeness (QED) is 0.795. The van der Waals surface area contributed by atoms with Gasteiger partial charge in [0.1, 0.15) is 0 Å². The lowest BCUT2D eigenvalue weighted by Gasteiger charge is -2.15. The summed E-state index contributed by atoms with van der Waals surface area (Å²) in [4.78, 5) is 23.0. The van der Waals surface area contributed by atoms with Crippen molar-refractivity contribution in [1.82, 2.24) is 13.9 Å². The van der Waals surface area contributed by atoms with Crippen molar-refractivity contribution in [2.45, 2.75) is 37.6 Å². The van der Waals surface area contributed by atoms with Crippen molar-refractivity contribution in [3.05, 3.63) is 27.0 Å². The van der Waals surface area contributed by atoms with E-state index in [0.29, 0.717) is 12.8 Å². The molecule has 0 aliphatic heterocycles. The van der Waals surface area contributed by atoms with Crippen LogP contribution in [-0.4, -0.2) is 23.6 Å². The van der Waals surface area contributed by atoms with Crippen LogP contribution in [0.3, 0.4) is 0 Å². The molecule has 19 heavy (non-hydrogen) atoms. The molecule has 0 aliphatic carbocycles. The largest absolute Gasteiger partial charge is 0.330 e. The van der Waals surface area contributed by atoms with Crippen LogP contribution in [0, 0.1) is 0 Å². The molecule has 0 fully saturated rings. The van der Waals surface area contributed by atoms with E-state index in [0.717, 1.165) is 15.3 Å². The maximum absolute atomic E-state index is 12.2. The SMILES string of the molecule is CCC(CC)NS(=O)(=O)c1cn(C)c(=O)n(C)c1=O. The van der Waals surface area contributed by atoms with Gasteiger partial charge in [-0.2, -0.15) is 0 Å². The average Bonchev–Trinajstić information content (AvgIpc) is 2.37.